The Bertz CT molecular complexity index is 966. The minimum atomic E-state index is -4.76. The van der Waals surface area contributed by atoms with Gasteiger partial charge in [-0.2, -0.15) is 0 Å². The highest BCUT2D eigenvalue weighted by molar-refractivity contribution is 5.75. The number of aromatic nitrogens is 1. The Morgan fingerprint density at radius 3 is 2.47 bits per heavy atom. The van der Waals surface area contributed by atoms with Gasteiger partial charge in [-0.15, -0.1) is 13.2 Å². The van der Waals surface area contributed by atoms with E-state index in [2.05, 4.69) is 44.2 Å². The van der Waals surface area contributed by atoms with E-state index in [1.807, 2.05) is 22.8 Å². The van der Waals surface area contributed by atoms with E-state index in [1.165, 1.54) is 17.8 Å². The molecule has 4 rings (SSSR count). The second-order valence-corrected chi connectivity index (χ2v) is 9.62. The third kappa shape index (κ3) is 7.49. The molecular weight excluding hydrogens is 471 g/mol. The number of halogens is 3. The van der Waals surface area contributed by atoms with Crippen molar-refractivity contribution in [2.45, 2.75) is 45.1 Å². The maximum absolute atomic E-state index is 12.8. The van der Waals surface area contributed by atoms with Crippen molar-refractivity contribution in [3.05, 3.63) is 54.2 Å². The van der Waals surface area contributed by atoms with Crippen LogP contribution in [-0.4, -0.2) is 72.5 Å². The first kappa shape index (κ1) is 26.1. The summed E-state index contributed by atoms with van der Waals surface area (Å²) < 4.78 is 40.8. The third-order valence-electron chi connectivity index (χ3n) is 6.98. The second-order valence-electron chi connectivity index (χ2n) is 9.62. The van der Waals surface area contributed by atoms with Crippen LogP contribution in [0.25, 0.3) is 0 Å². The molecule has 1 aromatic carbocycles. The van der Waals surface area contributed by atoms with Crippen molar-refractivity contribution in [2.75, 3.05) is 44.2 Å². The number of carbonyl (C=O) groups excluding carboxylic acids is 1. The average molecular weight is 506 g/mol. The number of carbonyl (C=O) groups is 1. The zero-order valence-electron chi connectivity index (χ0n) is 20.6. The summed E-state index contributed by atoms with van der Waals surface area (Å²) in [6, 6.07) is 13.2. The molecule has 0 bridgehead atoms. The first-order valence-electron chi connectivity index (χ1n) is 12.5. The van der Waals surface area contributed by atoms with Gasteiger partial charge in [0, 0.05) is 44.8 Å². The van der Waals surface area contributed by atoms with E-state index in [-0.39, 0.29) is 12.1 Å². The van der Waals surface area contributed by atoms with Crippen LogP contribution < -0.4 is 15.0 Å². The van der Waals surface area contributed by atoms with E-state index in [0.29, 0.717) is 37.8 Å². The lowest BCUT2D eigenvalue weighted by molar-refractivity contribution is -0.276. The van der Waals surface area contributed by atoms with E-state index in [1.54, 1.807) is 6.07 Å². The fourth-order valence-corrected chi connectivity index (χ4v) is 4.99. The van der Waals surface area contributed by atoms with Gasteiger partial charge in [-0.05, 0) is 56.8 Å². The molecule has 7 nitrogen and oxygen atoms in total. The molecule has 0 radical (unpaired) electrons. The summed E-state index contributed by atoms with van der Waals surface area (Å²) in [5.74, 6) is 0.141. The molecule has 1 N–H and O–H groups in total. The van der Waals surface area contributed by atoms with Crippen LogP contribution in [0.4, 0.5) is 23.7 Å². The van der Waals surface area contributed by atoms with Gasteiger partial charge in [0.15, 0.2) is 0 Å². The monoisotopic (exact) mass is 505 g/mol. The van der Waals surface area contributed by atoms with Crippen molar-refractivity contribution in [1.82, 2.24) is 20.1 Å². The number of alkyl halides is 3. The van der Waals surface area contributed by atoms with Gasteiger partial charge in [0.25, 0.3) is 0 Å². The zero-order chi connectivity index (χ0) is 25.5. The molecule has 196 valence electrons. The van der Waals surface area contributed by atoms with E-state index < -0.39 is 12.2 Å². The Kier molecular flexibility index (Phi) is 8.56. The topological polar surface area (TPSA) is 60.9 Å². The number of ether oxygens (including phenoxy) is 1. The van der Waals surface area contributed by atoms with Crippen molar-refractivity contribution in [1.29, 1.82) is 0 Å². The summed E-state index contributed by atoms with van der Waals surface area (Å²) in [5.41, 5.74) is 2.05. The average Bonchev–Trinajstić information content (AvgIpc) is 2.85. The fraction of sp³-hybridized carbons (Fsp3) is 0.538. The largest absolute Gasteiger partial charge is 0.574 e. The number of benzene rings is 1. The molecule has 10 heteroatoms. The Labute approximate surface area is 210 Å². The van der Waals surface area contributed by atoms with E-state index in [4.69, 9.17) is 0 Å². The number of hydrogen-bond donors (Lipinski definition) is 1. The van der Waals surface area contributed by atoms with Gasteiger partial charge in [-0.25, -0.2) is 9.78 Å². The fourth-order valence-electron chi connectivity index (χ4n) is 4.99. The van der Waals surface area contributed by atoms with Crippen LogP contribution in [0.2, 0.25) is 0 Å². The smallest absolute Gasteiger partial charge is 0.388 e. The maximum atomic E-state index is 12.8. The molecule has 2 amide bonds. The van der Waals surface area contributed by atoms with Crippen molar-refractivity contribution < 1.29 is 22.7 Å². The number of rotatable bonds is 7. The first-order chi connectivity index (χ1) is 17.3. The summed E-state index contributed by atoms with van der Waals surface area (Å²) in [6.07, 6.45) is -0.106. The van der Waals surface area contributed by atoms with Crippen molar-refractivity contribution in [2.24, 2.45) is 5.92 Å². The number of pyridine rings is 1. The lowest BCUT2D eigenvalue weighted by Gasteiger charge is -2.40. The molecule has 0 spiro atoms. The van der Waals surface area contributed by atoms with Crippen molar-refractivity contribution >= 4 is 11.7 Å². The summed E-state index contributed by atoms with van der Waals surface area (Å²) in [6.45, 7) is 7.51. The number of piperidine rings is 1. The van der Waals surface area contributed by atoms with E-state index >= 15 is 0 Å². The van der Waals surface area contributed by atoms with Gasteiger partial charge in [0.2, 0.25) is 5.88 Å². The Morgan fingerprint density at radius 1 is 1.08 bits per heavy atom. The number of amides is 2. The summed E-state index contributed by atoms with van der Waals surface area (Å²) in [5, 5.41) is 3.08. The number of anilines is 1. The number of urea groups is 1. The molecule has 0 unspecified atom stereocenters. The molecule has 0 aliphatic carbocycles. The molecule has 1 atom stereocenters. The van der Waals surface area contributed by atoms with Gasteiger partial charge < -0.3 is 19.9 Å². The standard InChI is InChI=1S/C26H34F3N5O2/c1-20-18-33(23-7-8-24(31-17-23)36-26(27,28)29)15-16-34(20)25(35)30-12-9-21-10-13-32(14-11-21)19-22-5-3-2-4-6-22/h2-8,17,20-21H,9-16,18-19H2,1H3,(H,30,35)/t20-/m1/s1. The molecule has 2 aliphatic heterocycles. The van der Waals surface area contributed by atoms with Crippen LogP contribution in [-0.2, 0) is 6.54 Å². The van der Waals surface area contributed by atoms with E-state index in [0.717, 1.165) is 38.9 Å². The highest BCUT2D eigenvalue weighted by Gasteiger charge is 2.32. The third-order valence-corrected chi connectivity index (χ3v) is 6.98. The van der Waals surface area contributed by atoms with Crippen LogP contribution in [0.5, 0.6) is 5.88 Å². The van der Waals surface area contributed by atoms with Gasteiger partial charge >= 0.3 is 12.4 Å². The minimum Gasteiger partial charge on any atom is -0.388 e. The van der Waals surface area contributed by atoms with Crippen molar-refractivity contribution in [3.8, 4) is 5.88 Å². The maximum Gasteiger partial charge on any atom is 0.574 e. The second kappa shape index (κ2) is 11.8. The number of piperazine rings is 1. The summed E-state index contributed by atoms with van der Waals surface area (Å²) in [7, 11) is 0. The molecule has 0 saturated carbocycles. The van der Waals surface area contributed by atoms with E-state index in [9.17, 15) is 18.0 Å². The highest BCUT2D eigenvalue weighted by atomic mass is 19.4. The van der Waals surface area contributed by atoms with Crippen LogP contribution in [0.3, 0.4) is 0 Å². The Hall–Kier alpha value is -3.01. The molecular formula is C26H34F3N5O2. The molecule has 2 aliphatic rings. The molecule has 2 saturated heterocycles. The van der Waals surface area contributed by atoms with Crippen LogP contribution >= 0.6 is 0 Å². The predicted molar refractivity (Wildman–Crippen MR) is 132 cm³/mol. The quantitative estimate of drug-likeness (QED) is 0.601. The SMILES string of the molecule is C[C@@H]1CN(c2ccc(OC(F)(F)F)nc2)CCN1C(=O)NCCC1CCN(Cc2ccccc2)CC1. The first-order valence-corrected chi connectivity index (χ1v) is 12.5. The van der Waals surface area contributed by atoms with Gasteiger partial charge in [-0.1, -0.05) is 30.3 Å². The Morgan fingerprint density at radius 2 is 1.83 bits per heavy atom. The van der Waals surface area contributed by atoms with Gasteiger partial charge in [0.05, 0.1) is 11.9 Å². The van der Waals surface area contributed by atoms with Crippen LogP contribution in [0.15, 0.2) is 48.7 Å². The number of nitrogens with zero attached hydrogens (tertiary/aromatic N) is 4. The zero-order valence-corrected chi connectivity index (χ0v) is 20.6. The number of hydrogen-bond acceptors (Lipinski definition) is 5. The van der Waals surface area contributed by atoms with Crippen LogP contribution in [0.1, 0.15) is 31.7 Å². The van der Waals surface area contributed by atoms with Gasteiger partial charge in [0.1, 0.15) is 0 Å². The van der Waals surface area contributed by atoms with Gasteiger partial charge in [-0.3, -0.25) is 4.90 Å². The highest BCUT2D eigenvalue weighted by Crippen LogP contribution is 2.25. The number of likely N-dealkylation sites (tertiary alicyclic amines) is 1. The number of nitrogens with one attached hydrogen (secondary N) is 1. The lowest BCUT2D eigenvalue weighted by atomic mass is 9.93. The molecule has 1 aromatic heterocycles. The molecule has 2 fully saturated rings. The molecule has 2 aromatic rings. The summed E-state index contributed by atoms with van der Waals surface area (Å²) in [4.78, 5) is 22.9. The van der Waals surface area contributed by atoms with Crippen molar-refractivity contribution in [3.63, 3.8) is 0 Å². The normalized spacial score (nSPS) is 19.8. The lowest BCUT2D eigenvalue weighted by Crippen LogP contribution is -2.56. The summed E-state index contributed by atoms with van der Waals surface area (Å²) >= 11 is 0. The minimum absolute atomic E-state index is 0.0360. The predicted octanol–water partition coefficient (Wildman–Crippen LogP) is 4.50. The Balaban J connectivity index is 1.15. The molecule has 36 heavy (non-hydrogen) atoms. The van der Waals surface area contributed by atoms with Crippen LogP contribution in [0, 0.1) is 5.92 Å². The molecule has 3 heterocycles.